The van der Waals surface area contributed by atoms with E-state index in [1.165, 1.54) is 4.90 Å². The number of thioether (sulfide) groups is 1. The zero-order valence-corrected chi connectivity index (χ0v) is 8.13. The van der Waals surface area contributed by atoms with Crippen molar-refractivity contribution in [1.82, 2.24) is 0 Å². The summed E-state index contributed by atoms with van der Waals surface area (Å²) in [5, 5.41) is 9.56. The van der Waals surface area contributed by atoms with Gasteiger partial charge in [0.15, 0.2) is 0 Å². The molecule has 1 atom stereocenters. The van der Waals surface area contributed by atoms with Crippen LogP contribution in [0.4, 0.5) is 0 Å². The van der Waals surface area contributed by atoms with Crippen LogP contribution in [0.3, 0.4) is 0 Å². The maximum Gasteiger partial charge on any atom is 0.0851 e. The van der Waals surface area contributed by atoms with Gasteiger partial charge in [-0.25, -0.2) is 0 Å². The highest BCUT2D eigenvalue weighted by Crippen LogP contribution is 2.34. The van der Waals surface area contributed by atoms with Crippen molar-refractivity contribution in [2.24, 2.45) is 0 Å². The fourth-order valence-electron chi connectivity index (χ4n) is 1.40. The van der Waals surface area contributed by atoms with E-state index in [4.69, 9.17) is 0 Å². The van der Waals surface area contributed by atoms with Crippen LogP contribution in [0.5, 0.6) is 0 Å². The highest BCUT2D eigenvalue weighted by atomic mass is 32.2. The Morgan fingerprint density at radius 2 is 2.00 bits per heavy atom. The van der Waals surface area contributed by atoms with Gasteiger partial charge in [0, 0.05) is 9.80 Å². The number of aliphatic hydroxyl groups excluding tert-OH is 1. The summed E-state index contributed by atoms with van der Waals surface area (Å²) in [5.74, 6) is 0. The number of hydrogen-bond acceptors (Lipinski definition) is 2. The summed E-state index contributed by atoms with van der Waals surface area (Å²) in [6.07, 6.45) is 3.79. The molecule has 1 aliphatic rings. The molecule has 0 heterocycles. The Hall–Kier alpha value is -0.730. The first kappa shape index (κ1) is 8.85. The summed E-state index contributed by atoms with van der Waals surface area (Å²) in [4.78, 5) is 2.31. The first-order chi connectivity index (χ1) is 6.36. The molecule has 1 N–H and O–H groups in total. The smallest absolute Gasteiger partial charge is 0.0851 e. The Morgan fingerprint density at radius 1 is 1.23 bits per heavy atom. The van der Waals surface area contributed by atoms with Crippen molar-refractivity contribution in [3.63, 3.8) is 0 Å². The van der Waals surface area contributed by atoms with Gasteiger partial charge in [-0.3, -0.25) is 0 Å². The molecule has 1 unspecified atom stereocenters. The third-order valence-corrected chi connectivity index (χ3v) is 3.28. The third kappa shape index (κ3) is 2.14. The number of rotatable bonds is 2. The van der Waals surface area contributed by atoms with E-state index in [1.807, 2.05) is 18.2 Å². The van der Waals surface area contributed by atoms with Gasteiger partial charge in [-0.05, 0) is 25.0 Å². The first-order valence-corrected chi connectivity index (χ1v) is 5.29. The molecular weight excluding hydrogens is 180 g/mol. The zero-order chi connectivity index (χ0) is 9.10. The quantitative estimate of drug-likeness (QED) is 0.777. The minimum Gasteiger partial charge on any atom is -0.388 e. The van der Waals surface area contributed by atoms with Gasteiger partial charge in [0.2, 0.25) is 0 Å². The molecule has 0 bridgehead atoms. The molecule has 2 rings (SSSR count). The SMILES string of the molecule is OC1CCC=C1Sc1ccccc1. The van der Waals surface area contributed by atoms with E-state index in [9.17, 15) is 5.11 Å². The van der Waals surface area contributed by atoms with Crippen molar-refractivity contribution in [2.45, 2.75) is 23.8 Å². The van der Waals surface area contributed by atoms with Crippen LogP contribution in [0.15, 0.2) is 46.2 Å². The van der Waals surface area contributed by atoms with Crippen molar-refractivity contribution in [2.75, 3.05) is 0 Å². The van der Waals surface area contributed by atoms with Crippen molar-refractivity contribution >= 4 is 11.8 Å². The van der Waals surface area contributed by atoms with Gasteiger partial charge in [0.25, 0.3) is 0 Å². The van der Waals surface area contributed by atoms with Crippen LogP contribution in [0.2, 0.25) is 0 Å². The van der Waals surface area contributed by atoms with Gasteiger partial charge < -0.3 is 5.11 Å². The maximum atomic E-state index is 9.56. The Morgan fingerprint density at radius 3 is 2.62 bits per heavy atom. The minimum absolute atomic E-state index is 0.231. The van der Waals surface area contributed by atoms with E-state index in [0.29, 0.717) is 0 Å². The lowest BCUT2D eigenvalue weighted by Crippen LogP contribution is -2.00. The summed E-state index contributed by atoms with van der Waals surface area (Å²) in [5.41, 5.74) is 0. The standard InChI is InChI=1S/C11H12OS/c12-10-7-4-8-11(10)13-9-5-2-1-3-6-9/h1-3,5-6,8,10,12H,4,7H2. The van der Waals surface area contributed by atoms with Crippen LogP contribution in [0.25, 0.3) is 0 Å². The summed E-state index contributed by atoms with van der Waals surface area (Å²) in [7, 11) is 0. The molecule has 0 amide bonds. The molecule has 1 aliphatic carbocycles. The van der Waals surface area contributed by atoms with Crippen LogP contribution >= 0.6 is 11.8 Å². The Bertz CT molecular complexity index is 305. The second kappa shape index (κ2) is 3.99. The van der Waals surface area contributed by atoms with Gasteiger partial charge in [-0.2, -0.15) is 0 Å². The molecule has 0 aliphatic heterocycles. The number of aliphatic hydroxyl groups is 1. The topological polar surface area (TPSA) is 20.2 Å². The summed E-state index contributed by atoms with van der Waals surface area (Å²) < 4.78 is 0. The highest BCUT2D eigenvalue weighted by Gasteiger charge is 2.16. The number of benzene rings is 1. The van der Waals surface area contributed by atoms with Crippen molar-refractivity contribution < 1.29 is 5.11 Å². The molecule has 0 radical (unpaired) electrons. The highest BCUT2D eigenvalue weighted by molar-refractivity contribution is 8.03. The van der Waals surface area contributed by atoms with Gasteiger partial charge in [0.1, 0.15) is 0 Å². The number of hydrogen-bond donors (Lipinski definition) is 1. The molecular formula is C11H12OS. The van der Waals surface area contributed by atoms with E-state index in [0.717, 1.165) is 17.7 Å². The van der Waals surface area contributed by atoms with Crippen LogP contribution in [0.1, 0.15) is 12.8 Å². The lowest BCUT2D eigenvalue weighted by molar-refractivity contribution is 0.219. The van der Waals surface area contributed by atoms with Crippen molar-refractivity contribution in [1.29, 1.82) is 0 Å². The van der Waals surface area contributed by atoms with Crippen LogP contribution < -0.4 is 0 Å². The molecule has 0 spiro atoms. The van der Waals surface area contributed by atoms with Gasteiger partial charge in [-0.15, -0.1) is 0 Å². The van der Waals surface area contributed by atoms with Crippen LogP contribution in [-0.4, -0.2) is 11.2 Å². The van der Waals surface area contributed by atoms with Gasteiger partial charge in [0.05, 0.1) is 6.10 Å². The largest absolute Gasteiger partial charge is 0.388 e. The lowest BCUT2D eigenvalue weighted by atomic mass is 10.3. The first-order valence-electron chi connectivity index (χ1n) is 4.47. The maximum absolute atomic E-state index is 9.56. The molecule has 0 aromatic heterocycles. The number of allylic oxidation sites excluding steroid dienone is 1. The van der Waals surface area contributed by atoms with E-state index < -0.39 is 0 Å². The molecule has 13 heavy (non-hydrogen) atoms. The van der Waals surface area contributed by atoms with Gasteiger partial charge in [-0.1, -0.05) is 36.0 Å². The van der Waals surface area contributed by atoms with Crippen molar-refractivity contribution in [3.05, 3.63) is 41.3 Å². The second-order valence-electron chi connectivity index (χ2n) is 3.11. The molecule has 1 aromatic rings. The Kier molecular flexibility index (Phi) is 2.71. The second-order valence-corrected chi connectivity index (χ2v) is 4.26. The predicted octanol–water partition coefficient (Wildman–Crippen LogP) is 2.82. The molecule has 1 nitrogen and oxygen atoms in total. The fourth-order valence-corrected chi connectivity index (χ4v) is 2.42. The summed E-state index contributed by atoms with van der Waals surface area (Å²) in [6, 6.07) is 10.2. The van der Waals surface area contributed by atoms with Crippen LogP contribution in [-0.2, 0) is 0 Å². The molecule has 0 saturated heterocycles. The van der Waals surface area contributed by atoms with E-state index in [2.05, 4.69) is 18.2 Å². The molecule has 68 valence electrons. The zero-order valence-electron chi connectivity index (χ0n) is 7.31. The monoisotopic (exact) mass is 192 g/mol. The summed E-state index contributed by atoms with van der Waals surface area (Å²) in [6.45, 7) is 0. The van der Waals surface area contributed by atoms with Crippen molar-refractivity contribution in [3.8, 4) is 0 Å². The minimum atomic E-state index is -0.231. The summed E-state index contributed by atoms with van der Waals surface area (Å²) >= 11 is 1.67. The van der Waals surface area contributed by atoms with E-state index >= 15 is 0 Å². The molecule has 2 heteroatoms. The molecule has 0 saturated carbocycles. The normalized spacial score (nSPS) is 21.6. The fraction of sp³-hybridized carbons (Fsp3) is 0.273. The lowest BCUT2D eigenvalue weighted by Gasteiger charge is -2.06. The van der Waals surface area contributed by atoms with Crippen LogP contribution in [0, 0.1) is 0 Å². The van der Waals surface area contributed by atoms with Gasteiger partial charge >= 0.3 is 0 Å². The molecule has 0 fully saturated rings. The average Bonchev–Trinajstić information content (AvgIpc) is 2.54. The van der Waals surface area contributed by atoms with E-state index in [1.54, 1.807) is 11.8 Å². The molecule has 1 aromatic carbocycles. The third-order valence-electron chi connectivity index (χ3n) is 2.09. The Labute approximate surface area is 82.5 Å². The Balaban J connectivity index is 2.06. The average molecular weight is 192 g/mol. The predicted molar refractivity (Wildman–Crippen MR) is 55.6 cm³/mol. The van der Waals surface area contributed by atoms with E-state index in [-0.39, 0.29) is 6.10 Å².